The first-order valence-electron chi connectivity index (χ1n) is 9.35. The number of piperidine rings is 1. The van der Waals surface area contributed by atoms with Crippen LogP contribution < -0.4 is 10.1 Å². The normalized spacial score (nSPS) is 15.7. The molecule has 0 amide bonds. The Labute approximate surface area is 156 Å². The maximum Gasteiger partial charge on any atom is 0.308 e. The fourth-order valence-electron chi connectivity index (χ4n) is 3.25. The fourth-order valence-corrected chi connectivity index (χ4v) is 3.25. The first kappa shape index (κ1) is 20.1. The van der Waals surface area contributed by atoms with Crippen LogP contribution in [-0.4, -0.2) is 56.7 Å². The number of ether oxygens (including phenoxy) is 2. The monoisotopic (exact) mass is 361 g/mol. The smallest absolute Gasteiger partial charge is 0.308 e. The van der Waals surface area contributed by atoms with Gasteiger partial charge in [-0.2, -0.15) is 0 Å². The average molecular weight is 361 g/mol. The summed E-state index contributed by atoms with van der Waals surface area (Å²) in [7, 11) is 1.45. The van der Waals surface area contributed by atoms with Crippen molar-refractivity contribution in [2.45, 2.75) is 33.6 Å². The molecule has 0 aliphatic carbocycles. The molecular formula is C20H31N3O3. The molecule has 1 aliphatic rings. The lowest BCUT2D eigenvalue weighted by atomic mass is 9.97. The number of esters is 1. The van der Waals surface area contributed by atoms with E-state index < -0.39 is 0 Å². The Bertz CT molecular complexity index is 602. The Morgan fingerprint density at radius 1 is 1.23 bits per heavy atom. The van der Waals surface area contributed by atoms with Crippen LogP contribution in [0.25, 0.3) is 0 Å². The Morgan fingerprint density at radius 3 is 2.46 bits per heavy atom. The minimum absolute atomic E-state index is 0.00650. The lowest BCUT2D eigenvalue weighted by Crippen LogP contribution is -2.46. The third-order valence-electron chi connectivity index (χ3n) is 4.48. The van der Waals surface area contributed by atoms with E-state index >= 15 is 0 Å². The lowest BCUT2D eigenvalue weighted by molar-refractivity contribution is -0.146. The number of likely N-dealkylation sites (tertiary alicyclic amines) is 1. The molecule has 1 saturated heterocycles. The van der Waals surface area contributed by atoms with E-state index in [0.29, 0.717) is 13.2 Å². The summed E-state index contributed by atoms with van der Waals surface area (Å²) >= 11 is 0. The van der Waals surface area contributed by atoms with Gasteiger partial charge in [0.2, 0.25) is 0 Å². The number of hydrogen-bond acceptors (Lipinski definition) is 4. The predicted molar refractivity (Wildman–Crippen MR) is 104 cm³/mol. The van der Waals surface area contributed by atoms with Crippen molar-refractivity contribution in [1.82, 2.24) is 10.2 Å². The number of nitrogens with zero attached hydrogens (tertiary/aromatic N) is 2. The molecular weight excluding hydrogens is 330 g/mol. The van der Waals surface area contributed by atoms with Gasteiger partial charge in [0.15, 0.2) is 5.96 Å². The van der Waals surface area contributed by atoms with E-state index in [0.717, 1.165) is 44.2 Å². The molecule has 0 bridgehead atoms. The zero-order valence-corrected chi connectivity index (χ0v) is 16.4. The number of carbonyl (C=O) groups excluding carboxylic acids is 1. The van der Waals surface area contributed by atoms with E-state index in [4.69, 9.17) is 9.47 Å². The predicted octanol–water partition coefficient (Wildman–Crippen LogP) is 2.53. The van der Waals surface area contributed by atoms with E-state index in [2.05, 4.69) is 42.0 Å². The van der Waals surface area contributed by atoms with E-state index in [1.807, 2.05) is 12.1 Å². The van der Waals surface area contributed by atoms with Crippen LogP contribution in [-0.2, 0) is 9.53 Å². The van der Waals surface area contributed by atoms with Crippen molar-refractivity contribution in [3.8, 4) is 5.75 Å². The lowest BCUT2D eigenvalue weighted by Gasteiger charge is -2.33. The first-order valence-corrected chi connectivity index (χ1v) is 9.35. The quantitative estimate of drug-likeness (QED) is 0.365. The van der Waals surface area contributed by atoms with Crippen LogP contribution in [0.5, 0.6) is 5.75 Å². The number of nitrogens with one attached hydrogen (secondary N) is 1. The second-order valence-electron chi connectivity index (χ2n) is 6.69. The molecule has 1 fully saturated rings. The maximum atomic E-state index is 11.7. The van der Waals surface area contributed by atoms with Gasteiger partial charge in [0, 0.05) is 19.6 Å². The van der Waals surface area contributed by atoms with Crippen molar-refractivity contribution < 1.29 is 14.3 Å². The molecule has 144 valence electrons. The Hall–Kier alpha value is -2.24. The Balaban J connectivity index is 1.85. The number of rotatable bonds is 6. The molecule has 6 heteroatoms. The van der Waals surface area contributed by atoms with Gasteiger partial charge in [0.05, 0.1) is 19.6 Å². The summed E-state index contributed by atoms with van der Waals surface area (Å²) in [5.74, 6) is 1.68. The minimum atomic E-state index is -0.103. The summed E-state index contributed by atoms with van der Waals surface area (Å²) in [5, 5.41) is 3.33. The van der Waals surface area contributed by atoms with E-state index in [1.54, 1.807) is 0 Å². The minimum Gasteiger partial charge on any atom is -0.492 e. The highest BCUT2D eigenvalue weighted by atomic mass is 16.5. The molecule has 0 atom stereocenters. The Kier molecular flexibility index (Phi) is 7.75. The number of aryl methyl sites for hydroxylation is 2. The molecule has 1 aromatic carbocycles. The molecule has 0 saturated carbocycles. The van der Waals surface area contributed by atoms with Crippen LogP contribution in [0.4, 0.5) is 0 Å². The number of aliphatic imine (C=N–C) groups is 1. The maximum absolute atomic E-state index is 11.7. The molecule has 6 nitrogen and oxygen atoms in total. The second kappa shape index (κ2) is 10.0. The van der Waals surface area contributed by atoms with Crippen LogP contribution >= 0.6 is 0 Å². The van der Waals surface area contributed by atoms with Gasteiger partial charge in [-0.3, -0.25) is 4.79 Å². The molecule has 0 spiro atoms. The van der Waals surface area contributed by atoms with Gasteiger partial charge >= 0.3 is 5.97 Å². The number of hydrogen-bond donors (Lipinski definition) is 1. The van der Waals surface area contributed by atoms with Crippen LogP contribution in [0.15, 0.2) is 23.2 Å². The zero-order chi connectivity index (χ0) is 18.9. The summed E-state index contributed by atoms with van der Waals surface area (Å²) in [6.45, 7) is 9.75. The van der Waals surface area contributed by atoms with Gasteiger partial charge in [-0.1, -0.05) is 6.07 Å². The third kappa shape index (κ3) is 5.93. The van der Waals surface area contributed by atoms with Crippen molar-refractivity contribution in [3.63, 3.8) is 0 Å². The third-order valence-corrected chi connectivity index (χ3v) is 4.48. The highest BCUT2D eigenvalue weighted by molar-refractivity contribution is 5.80. The van der Waals surface area contributed by atoms with Crippen molar-refractivity contribution in [2.75, 3.05) is 39.9 Å². The first-order chi connectivity index (χ1) is 12.5. The van der Waals surface area contributed by atoms with Gasteiger partial charge in [0.25, 0.3) is 0 Å². The fraction of sp³-hybridized carbons (Fsp3) is 0.600. The largest absolute Gasteiger partial charge is 0.492 e. The topological polar surface area (TPSA) is 63.2 Å². The molecule has 1 N–H and O–H groups in total. The molecule has 26 heavy (non-hydrogen) atoms. The van der Waals surface area contributed by atoms with E-state index in [-0.39, 0.29) is 11.9 Å². The SMILES string of the molecule is CCNC(=NCCOc1cc(C)cc(C)c1)N1CCC(C(=O)OC)CC1. The van der Waals surface area contributed by atoms with Gasteiger partial charge in [-0.25, -0.2) is 4.99 Å². The standard InChI is InChI=1S/C20H31N3O3/c1-5-21-20(23-9-6-17(7-10-23)19(24)25-4)22-8-11-26-18-13-15(2)12-16(3)14-18/h12-14,17H,5-11H2,1-4H3,(H,21,22). The summed E-state index contributed by atoms with van der Waals surface area (Å²) in [4.78, 5) is 18.5. The summed E-state index contributed by atoms with van der Waals surface area (Å²) in [6, 6.07) is 6.21. The Morgan fingerprint density at radius 2 is 1.88 bits per heavy atom. The van der Waals surface area contributed by atoms with Crippen molar-refractivity contribution in [1.29, 1.82) is 0 Å². The highest BCUT2D eigenvalue weighted by Crippen LogP contribution is 2.19. The van der Waals surface area contributed by atoms with Gasteiger partial charge in [0.1, 0.15) is 12.4 Å². The van der Waals surface area contributed by atoms with Crippen LogP contribution in [0.2, 0.25) is 0 Å². The molecule has 1 heterocycles. The number of carbonyl (C=O) groups is 1. The van der Waals surface area contributed by atoms with Gasteiger partial charge < -0.3 is 19.7 Å². The van der Waals surface area contributed by atoms with Gasteiger partial charge in [-0.05, 0) is 56.9 Å². The van der Waals surface area contributed by atoms with Gasteiger partial charge in [-0.15, -0.1) is 0 Å². The molecule has 0 radical (unpaired) electrons. The van der Waals surface area contributed by atoms with Crippen molar-refractivity contribution in [3.05, 3.63) is 29.3 Å². The van der Waals surface area contributed by atoms with Crippen molar-refractivity contribution in [2.24, 2.45) is 10.9 Å². The summed E-state index contributed by atoms with van der Waals surface area (Å²) < 4.78 is 10.7. The van der Waals surface area contributed by atoms with Crippen LogP contribution in [0.3, 0.4) is 0 Å². The van der Waals surface area contributed by atoms with Crippen LogP contribution in [0, 0.1) is 19.8 Å². The number of methoxy groups -OCH3 is 1. The summed E-state index contributed by atoms with van der Waals surface area (Å²) in [5.41, 5.74) is 2.40. The number of guanidine groups is 1. The molecule has 0 unspecified atom stereocenters. The molecule has 1 aliphatic heterocycles. The molecule has 1 aromatic rings. The zero-order valence-electron chi connectivity index (χ0n) is 16.4. The summed E-state index contributed by atoms with van der Waals surface area (Å²) in [6.07, 6.45) is 1.60. The average Bonchev–Trinajstić information content (AvgIpc) is 2.63. The van der Waals surface area contributed by atoms with Crippen LogP contribution in [0.1, 0.15) is 30.9 Å². The second-order valence-corrected chi connectivity index (χ2v) is 6.69. The molecule has 2 rings (SSSR count). The highest BCUT2D eigenvalue weighted by Gasteiger charge is 2.26. The van der Waals surface area contributed by atoms with E-state index in [9.17, 15) is 4.79 Å². The van der Waals surface area contributed by atoms with E-state index in [1.165, 1.54) is 18.2 Å². The number of benzene rings is 1. The van der Waals surface area contributed by atoms with Crippen molar-refractivity contribution >= 4 is 11.9 Å². The molecule has 0 aromatic heterocycles.